The quantitative estimate of drug-likeness (QED) is 0.762. The van der Waals surface area contributed by atoms with Gasteiger partial charge in [-0.15, -0.1) is 0 Å². The maximum absolute atomic E-state index is 9.42. The van der Waals surface area contributed by atoms with Crippen molar-refractivity contribution in [2.75, 3.05) is 30.4 Å². The summed E-state index contributed by atoms with van der Waals surface area (Å²) in [6, 6.07) is 4.05. The Morgan fingerprint density at radius 1 is 1.47 bits per heavy atom. The fourth-order valence-electron chi connectivity index (χ4n) is 1.88. The predicted molar refractivity (Wildman–Crippen MR) is 61.2 cm³/mol. The van der Waals surface area contributed by atoms with Crippen molar-refractivity contribution in [2.45, 2.75) is 18.9 Å². The Balaban J connectivity index is 2.08. The van der Waals surface area contributed by atoms with Crippen LogP contribution in [0.3, 0.4) is 0 Å². The van der Waals surface area contributed by atoms with E-state index in [1.54, 1.807) is 0 Å². The summed E-state index contributed by atoms with van der Waals surface area (Å²) in [7, 11) is 1.87. The largest absolute Gasteiger partial charge is 0.393 e. The van der Waals surface area contributed by atoms with Gasteiger partial charge in [-0.2, -0.15) is 0 Å². The fraction of sp³-hybridized carbons (Fsp3) is 0.545. The molecule has 82 valence electrons. The molecule has 0 amide bonds. The van der Waals surface area contributed by atoms with E-state index in [0.717, 1.165) is 31.7 Å². The lowest BCUT2D eigenvalue weighted by Crippen LogP contribution is -2.35. The van der Waals surface area contributed by atoms with Gasteiger partial charge in [-0.05, 0) is 18.9 Å². The molecule has 15 heavy (non-hydrogen) atoms. The van der Waals surface area contributed by atoms with Crippen molar-refractivity contribution >= 4 is 11.5 Å². The molecule has 0 aliphatic carbocycles. The van der Waals surface area contributed by atoms with Crippen molar-refractivity contribution in [1.82, 2.24) is 4.98 Å². The molecule has 2 N–H and O–H groups in total. The first-order chi connectivity index (χ1) is 7.29. The van der Waals surface area contributed by atoms with Gasteiger partial charge >= 0.3 is 0 Å². The van der Waals surface area contributed by atoms with Crippen molar-refractivity contribution in [1.29, 1.82) is 0 Å². The molecule has 1 aromatic heterocycles. The van der Waals surface area contributed by atoms with Crippen LogP contribution < -0.4 is 10.2 Å². The van der Waals surface area contributed by atoms with E-state index >= 15 is 0 Å². The molecule has 1 aliphatic rings. The van der Waals surface area contributed by atoms with Gasteiger partial charge in [-0.1, -0.05) is 0 Å². The Labute approximate surface area is 89.9 Å². The molecule has 4 heteroatoms. The topological polar surface area (TPSA) is 48.4 Å². The first-order valence-electron chi connectivity index (χ1n) is 5.36. The molecule has 2 heterocycles. The van der Waals surface area contributed by atoms with Crippen LogP contribution in [0.2, 0.25) is 0 Å². The van der Waals surface area contributed by atoms with Crippen LogP contribution in [0.5, 0.6) is 0 Å². The summed E-state index contributed by atoms with van der Waals surface area (Å²) in [5.41, 5.74) is 1.18. The summed E-state index contributed by atoms with van der Waals surface area (Å²) in [5.74, 6) is 0.888. The zero-order valence-electron chi connectivity index (χ0n) is 8.98. The first kappa shape index (κ1) is 10.2. The number of anilines is 2. The van der Waals surface area contributed by atoms with Crippen LogP contribution in [0.25, 0.3) is 0 Å². The normalized spacial score (nSPS) is 17.9. The lowest BCUT2D eigenvalue weighted by molar-refractivity contribution is 0.145. The molecule has 1 saturated heterocycles. The minimum Gasteiger partial charge on any atom is -0.393 e. The second kappa shape index (κ2) is 4.49. The predicted octanol–water partition coefficient (Wildman–Crippen LogP) is 1.08. The van der Waals surface area contributed by atoms with Gasteiger partial charge < -0.3 is 15.3 Å². The monoisotopic (exact) mass is 207 g/mol. The Morgan fingerprint density at radius 2 is 2.20 bits per heavy atom. The Bertz CT molecular complexity index is 321. The maximum atomic E-state index is 9.42. The summed E-state index contributed by atoms with van der Waals surface area (Å²) in [5, 5.41) is 12.5. The van der Waals surface area contributed by atoms with E-state index in [0.29, 0.717) is 0 Å². The molecule has 0 spiro atoms. The minimum atomic E-state index is -0.119. The van der Waals surface area contributed by atoms with E-state index in [-0.39, 0.29) is 6.10 Å². The molecule has 1 aliphatic heterocycles. The number of hydrogen-bond donors (Lipinski definition) is 2. The number of piperidine rings is 1. The molecule has 0 unspecified atom stereocenters. The highest BCUT2D eigenvalue weighted by atomic mass is 16.3. The smallest absolute Gasteiger partial charge is 0.127 e. The molecule has 0 saturated carbocycles. The van der Waals surface area contributed by atoms with Gasteiger partial charge in [-0.3, -0.25) is 0 Å². The third-order valence-corrected chi connectivity index (χ3v) is 2.83. The van der Waals surface area contributed by atoms with Crippen LogP contribution in [0, 0.1) is 0 Å². The van der Waals surface area contributed by atoms with Gasteiger partial charge in [0.25, 0.3) is 0 Å². The zero-order valence-corrected chi connectivity index (χ0v) is 8.98. The van der Waals surface area contributed by atoms with E-state index in [1.165, 1.54) is 5.69 Å². The number of nitrogens with zero attached hydrogens (tertiary/aromatic N) is 2. The van der Waals surface area contributed by atoms with E-state index < -0.39 is 0 Å². The number of pyridine rings is 1. The number of aromatic nitrogens is 1. The van der Waals surface area contributed by atoms with Crippen LogP contribution >= 0.6 is 0 Å². The molecule has 2 rings (SSSR count). The van der Waals surface area contributed by atoms with E-state index in [4.69, 9.17) is 0 Å². The minimum absolute atomic E-state index is 0.119. The fourth-order valence-corrected chi connectivity index (χ4v) is 1.88. The molecular weight excluding hydrogens is 190 g/mol. The highest BCUT2D eigenvalue weighted by Crippen LogP contribution is 2.21. The molecule has 0 radical (unpaired) electrons. The molecule has 1 fully saturated rings. The van der Waals surface area contributed by atoms with E-state index in [2.05, 4.69) is 15.2 Å². The van der Waals surface area contributed by atoms with Gasteiger partial charge in [0.1, 0.15) is 5.82 Å². The SMILES string of the molecule is CNc1cc(N2CCC(O)CC2)ccn1. The third kappa shape index (κ3) is 2.39. The van der Waals surface area contributed by atoms with Crippen LogP contribution in [0.1, 0.15) is 12.8 Å². The van der Waals surface area contributed by atoms with E-state index in [1.807, 2.05) is 25.4 Å². The van der Waals surface area contributed by atoms with Crippen LogP contribution in [0.4, 0.5) is 11.5 Å². The Kier molecular flexibility index (Phi) is 3.06. The van der Waals surface area contributed by atoms with Crippen molar-refractivity contribution in [3.63, 3.8) is 0 Å². The lowest BCUT2D eigenvalue weighted by Gasteiger charge is -2.31. The van der Waals surface area contributed by atoms with Crippen molar-refractivity contribution in [3.8, 4) is 0 Å². The second-order valence-electron chi connectivity index (χ2n) is 3.87. The average molecular weight is 207 g/mol. The van der Waals surface area contributed by atoms with Gasteiger partial charge in [0.2, 0.25) is 0 Å². The molecule has 0 aromatic carbocycles. The Morgan fingerprint density at radius 3 is 2.87 bits per heavy atom. The lowest BCUT2D eigenvalue weighted by atomic mass is 10.1. The summed E-state index contributed by atoms with van der Waals surface area (Å²) in [6.45, 7) is 1.85. The Hall–Kier alpha value is -1.29. The van der Waals surface area contributed by atoms with Gasteiger partial charge in [0, 0.05) is 38.1 Å². The molecule has 4 nitrogen and oxygen atoms in total. The first-order valence-corrected chi connectivity index (χ1v) is 5.36. The number of aliphatic hydroxyl groups excluding tert-OH is 1. The number of hydrogen-bond acceptors (Lipinski definition) is 4. The molecule has 0 atom stereocenters. The summed E-state index contributed by atoms with van der Waals surface area (Å²) in [6.07, 6.45) is 3.41. The van der Waals surface area contributed by atoms with Crippen LogP contribution in [-0.2, 0) is 0 Å². The highest BCUT2D eigenvalue weighted by molar-refractivity contribution is 5.53. The third-order valence-electron chi connectivity index (χ3n) is 2.83. The van der Waals surface area contributed by atoms with E-state index in [9.17, 15) is 5.11 Å². The highest BCUT2D eigenvalue weighted by Gasteiger charge is 2.17. The summed E-state index contributed by atoms with van der Waals surface area (Å²) < 4.78 is 0. The van der Waals surface area contributed by atoms with Crippen LogP contribution in [0.15, 0.2) is 18.3 Å². The standard InChI is InChI=1S/C11H17N3O/c1-12-11-8-9(2-5-13-11)14-6-3-10(15)4-7-14/h2,5,8,10,15H,3-4,6-7H2,1H3,(H,12,13). The molecular formula is C11H17N3O. The van der Waals surface area contributed by atoms with Gasteiger partial charge in [0.05, 0.1) is 6.10 Å². The molecule has 0 bridgehead atoms. The summed E-state index contributed by atoms with van der Waals surface area (Å²) >= 11 is 0. The number of aliphatic hydroxyl groups is 1. The zero-order chi connectivity index (χ0) is 10.7. The number of rotatable bonds is 2. The number of nitrogens with one attached hydrogen (secondary N) is 1. The molecule has 1 aromatic rings. The maximum Gasteiger partial charge on any atom is 0.127 e. The van der Waals surface area contributed by atoms with Crippen LogP contribution in [-0.4, -0.2) is 36.3 Å². The van der Waals surface area contributed by atoms with Gasteiger partial charge in [-0.25, -0.2) is 4.98 Å². The average Bonchev–Trinajstić information content (AvgIpc) is 2.30. The van der Waals surface area contributed by atoms with Crippen molar-refractivity contribution in [2.24, 2.45) is 0 Å². The van der Waals surface area contributed by atoms with Crippen molar-refractivity contribution in [3.05, 3.63) is 18.3 Å². The van der Waals surface area contributed by atoms with Gasteiger partial charge in [0.15, 0.2) is 0 Å². The van der Waals surface area contributed by atoms with Crippen molar-refractivity contribution < 1.29 is 5.11 Å². The summed E-state index contributed by atoms with van der Waals surface area (Å²) in [4.78, 5) is 6.47. The second-order valence-corrected chi connectivity index (χ2v) is 3.87.